The van der Waals surface area contributed by atoms with Crippen molar-refractivity contribution in [3.8, 4) is 0 Å². The zero-order valence-electron chi connectivity index (χ0n) is 12.5. The molecule has 0 saturated carbocycles. The van der Waals surface area contributed by atoms with Crippen molar-refractivity contribution in [2.45, 2.75) is 26.1 Å². The molecule has 1 atom stereocenters. The van der Waals surface area contributed by atoms with Gasteiger partial charge < -0.3 is 20.4 Å². The van der Waals surface area contributed by atoms with E-state index in [4.69, 9.17) is 10.5 Å². The van der Waals surface area contributed by atoms with Crippen LogP contribution < -0.4 is 11.1 Å². The second kappa shape index (κ2) is 5.96. The molecule has 1 aliphatic heterocycles. The third kappa shape index (κ3) is 2.65. The van der Waals surface area contributed by atoms with E-state index in [0.717, 1.165) is 6.07 Å². The number of nitrogens with two attached hydrogens (primary N) is 1. The number of nitrogen functional groups attached to an aromatic ring is 1. The minimum atomic E-state index is -0.767. The van der Waals surface area contributed by atoms with Crippen LogP contribution >= 0.6 is 0 Å². The molecule has 2 aromatic rings. The van der Waals surface area contributed by atoms with Crippen LogP contribution in [0.3, 0.4) is 0 Å². The van der Waals surface area contributed by atoms with Crippen molar-refractivity contribution in [2.75, 3.05) is 12.3 Å². The number of aromatic nitrogens is 2. The van der Waals surface area contributed by atoms with Gasteiger partial charge in [-0.1, -0.05) is 0 Å². The molecule has 1 aromatic heterocycles. The average molecular weight is 322 g/mol. The minimum Gasteiger partial charge on any atom is -0.461 e. The summed E-state index contributed by atoms with van der Waals surface area (Å²) in [7, 11) is 0. The van der Waals surface area contributed by atoms with Gasteiger partial charge in [-0.25, -0.2) is 18.6 Å². The predicted octanol–water partition coefficient (Wildman–Crippen LogP) is 1.76. The molecule has 0 radical (unpaired) electrons. The van der Waals surface area contributed by atoms with Crippen molar-refractivity contribution < 1.29 is 18.3 Å². The fraction of sp³-hybridized carbons (Fsp3) is 0.333. The lowest BCUT2D eigenvalue weighted by molar-refractivity contribution is 0.0517. The normalized spacial score (nSPS) is 16.9. The van der Waals surface area contributed by atoms with Crippen LogP contribution in [0.2, 0.25) is 0 Å². The topological polar surface area (TPSA) is 82.2 Å². The number of benzene rings is 1. The van der Waals surface area contributed by atoms with Crippen molar-refractivity contribution in [1.29, 1.82) is 0 Å². The molecule has 0 bridgehead atoms. The van der Waals surface area contributed by atoms with Crippen LogP contribution in [0.15, 0.2) is 18.5 Å². The number of hydrogen-bond acceptors (Lipinski definition) is 5. The molecule has 1 aliphatic rings. The van der Waals surface area contributed by atoms with Gasteiger partial charge >= 0.3 is 5.97 Å². The summed E-state index contributed by atoms with van der Waals surface area (Å²) < 4.78 is 34.8. The Balaban J connectivity index is 1.90. The van der Waals surface area contributed by atoms with Gasteiger partial charge in [-0.15, -0.1) is 0 Å². The number of carbonyl (C=O) groups excluding carboxylic acids is 1. The Kier molecular flexibility index (Phi) is 3.99. The van der Waals surface area contributed by atoms with Gasteiger partial charge in [0.25, 0.3) is 0 Å². The maximum absolute atomic E-state index is 14.2. The molecule has 0 fully saturated rings. The van der Waals surface area contributed by atoms with E-state index in [-0.39, 0.29) is 36.6 Å². The molecule has 3 N–H and O–H groups in total. The molecule has 1 unspecified atom stereocenters. The van der Waals surface area contributed by atoms with Gasteiger partial charge in [0.2, 0.25) is 0 Å². The molecule has 122 valence electrons. The third-order valence-electron chi connectivity index (χ3n) is 3.82. The Hall–Kier alpha value is -2.48. The van der Waals surface area contributed by atoms with Crippen LogP contribution in [-0.2, 0) is 17.8 Å². The highest BCUT2D eigenvalue weighted by Gasteiger charge is 2.29. The van der Waals surface area contributed by atoms with Crippen LogP contribution in [0, 0.1) is 11.6 Å². The molecule has 0 saturated heterocycles. The molecule has 1 aromatic carbocycles. The van der Waals surface area contributed by atoms with Crippen molar-refractivity contribution >= 4 is 11.7 Å². The van der Waals surface area contributed by atoms with E-state index in [1.165, 1.54) is 12.4 Å². The highest BCUT2D eigenvalue weighted by molar-refractivity contribution is 5.88. The molecule has 3 rings (SSSR count). The average Bonchev–Trinajstić information content (AvgIpc) is 2.95. The Labute approximate surface area is 131 Å². The molecule has 8 heteroatoms. The SMILES string of the molecule is CCOC(=O)c1ncn2c1CNC(c1c(F)ccc(N)c1F)C2. The van der Waals surface area contributed by atoms with Crippen LogP contribution in [0.25, 0.3) is 0 Å². The first kappa shape index (κ1) is 15.4. The van der Waals surface area contributed by atoms with Gasteiger partial charge in [-0.3, -0.25) is 0 Å². The zero-order chi connectivity index (χ0) is 16.6. The Morgan fingerprint density at radius 1 is 1.52 bits per heavy atom. The Morgan fingerprint density at radius 2 is 2.30 bits per heavy atom. The van der Waals surface area contributed by atoms with Gasteiger partial charge in [0.1, 0.15) is 5.82 Å². The number of anilines is 1. The predicted molar refractivity (Wildman–Crippen MR) is 78.5 cm³/mol. The first-order valence-corrected chi connectivity index (χ1v) is 7.20. The fourth-order valence-electron chi connectivity index (χ4n) is 2.70. The van der Waals surface area contributed by atoms with Gasteiger partial charge in [-0.05, 0) is 19.1 Å². The summed E-state index contributed by atoms with van der Waals surface area (Å²) in [5.41, 5.74) is 6.15. The summed E-state index contributed by atoms with van der Waals surface area (Å²) in [6.45, 7) is 2.44. The summed E-state index contributed by atoms with van der Waals surface area (Å²) in [5.74, 6) is -1.94. The quantitative estimate of drug-likeness (QED) is 0.665. The maximum atomic E-state index is 14.2. The number of halogens is 2. The number of carbonyl (C=O) groups is 1. The lowest BCUT2D eigenvalue weighted by Crippen LogP contribution is -2.34. The maximum Gasteiger partial charge on any atom is 0.358 e. The number of imidazole rings is 1. The van der Waals surface area contributed by atoms with E-state index >= 15 is 0 Å². The molecule has 2 heterocycles. The monoisotopic (exact) mass is 322 g/mol. The van der Waals surface area contributed by atoms with Crippen LogP contribution in [0.1, 0.15) is 34.7 Å². The highest BCUT2D eigenvalue weighted by atomic mass is 19.1. The van der Waals surface area contributed by atoms with E-state index in [9.17, 15) is 13.6 Å². The van der Waals surface area contributed by atoms with Gasteiger partial charge in [0, 0.05) is 18.7 Å². The molecular formula is C15H16F2N4O2. The van der Waals surface area contributed by atoms with Crippen LogP contribution in [0.4, 0.5) is 14.5 Å². The standard InChI is InChI=1S/C15H16F2N4O2/c1-2-23-15(22)14-11-5-19-10(6-21(11)7-20-14)12-8(16)3-4-9(18)13(12)17/h3-4,7,10,19H,2,5-6,18H2,1H3. The molecule has 0 aliphatic carbocycles. The van der Waals surface area contributed by atoms with Gasteiger partial charge in [0.05, 0.1) is 30.4 Å². The Bertz CT molecular complexity index is 760. The Morgan fingerprint density at radius 3 is 3.04 bits per heavy atom. The third-order valence-corrected chi connectivity index (χ3v) is 3.82. The largest absolute Gasteiger partial charge is 0.461 e. The number of hydrogen-bond donors (Lipinski definition) is 2. The first-order chi connectivity index (χ1) is 11.0. The summed E-state index contributed by atoms with van der Waals surface area (Å²) >= 11 is 0. The number of esters is 1. The molecule has 0 amide bonds. The van der Waals surface area contributed by atoms with E-state index in [0.29, 0.717) is 5.69 Å². The molecule has 23 heavy (non-hydrogen) atoms. The van der Waals surface area contributed by atoms with Crippen molar-refractivity contribution in [2.24, 2.45) is 0 Å². The van der Waals surface area contributed by atoms with E-state index in [1.807, 2.05) is 0 Å². The number of fused-ring (bicyclic) bond motifs is 1. The highest BCUT2D eigenvalue weighted by Crippen LogP contribution is 2.29. The van der Waals surface area contributed by atoms with Crippen molar-refractivity contribution in [1.82, 2.24) is 14.9 Å². The minimum absolute atomic E-state index is 0.105. The fourth-order valence-corrected chi connectivity index (χ4v) is 2.70. The van der Waals surface area contributed by atoms with E-state index in [2.05, 4.69) is 10.3 Å². The van der Waals surface area contributed by atoms with Gasteiger partial charge in [-0.2, -0.15) is 0 Å². The smallest absolute Gasteiger partial charge is 0.358 e. The summed E-state index contributed by atoms with van der Waals surface area (Å²) in [6, 6.07) is 1.73. The number of nitrogens with zero attached hydrogens (tertiary/aromatic N) is 2. The molecule has 6 nitrogen and oxygen atoms in total. The number of rotatable bonds is 3. The lowest BCUT2D eigenvalue weighted by atomic mass is 10.0. The summed E-state index contributed by atoms with van der Waals surface area (Å²) in [4.78, 5) is 15.9. The van der Waals surface area contributed by atoms with E-state index in [1.54, 1.807) is 11.5 Å². The second-order valence-corrected chi connectivity index (χ2v) is 5.21. The van der Waals surface area contributed by atoms with Crippen LogP contribution in [-0.4, -0.2) is 22.1 Å². The summed E-state index contributed by atoms with van der Waals surface area (Å²) in [6.07, 6.45) is 1.47. The second-order valence-electron chi connectivity index (χ2n) is 5.21. The zero-order valence-corrected chi connectivity index (χ0v) is 12.5. The number of nitrogens with one attached hydrogen (secondary N) is 1. The molecule has 0 spiro atoms. The molecular weight excluding hydrogens is 306 g/mol. The lowest BCUT2D eigenvalue weighted by Gasteiger charge is -2.27. The first-order valence-electron chi connectivity index (χ1n) is 7.20. The number of ether oxygens (including phenoxy) is 1. The van der Waals surface area contributed by atoms with E-state index < -0.39 is 23.6 Å². The van der Waals surface area contributed by atoms with Crippen molar-refractivity contribution in [3.63, 3.8) is 0 Å². The van der Waals surface area contributed by atoms with Crippen LogP contribution in [0.5, 0.6) is 0 Å². The summed E-state index contributed by atoms with van der Waals surface area (Å²) in [5, 5.41) is 3.02. The van der Waals surface area contributed by atoms with Gasteiger partial charge in [0.15, 0.2) is 11.5 Å². The van der Waals surface area contributed by atoms with Crippen molar-refractivity contribution in [3.05, 3.63) is 47.0 Å².